The van der Waals surface area contributed by atoms with E-state index in [1.807, 2.05) is 36.7 Å². The molecular weight excluding hydrogens is 374 g/mol. The molecule has 5 aromatic rings. The van der Waals surface area contributed by atoms with E-state index in [-0.39, 0.29) is 0 Å². The van der Waals surface area contributed by atoms with E-state index < -0.39 is 0 Å². The molecule has 7 nitrogen and oxygen atoms in total. The highest BCUT2D eigenvalue weighted by atomic mass is 15.3. The van der Waals surface area contributed by atoms with Gasteiger partial charge in [-0.1, -0.05) is 6.07 Å². The van der Waals surface area contributed by atoms with Crippen molar-refractivity contribution in [3.8, 4) is 22.8 Å². The highest BCUT2D eigenvalue weighted by Crippen LogP contribution is 2.32. The summed E-state index contributed by atoms with van der Waals surface area (Å²) < 4.78 is 3.85. The van der Waals surface area contributed by atoms with Crippen molar-refractivity contribution in [3.63, 3.8) is 0 Å². The predicted molar refractivity (Wildman–Crippen MR) is 116 cm³/mol. The maximum atomic E-state index is 6.22. The summed E-state index contributed by atoms with van der Waals surface area (Å²) in [7, 11) is 0. The fraction of sp³-hybridized carbons (Fsp3) is 0.130. The molecule has 4 aromatic heterocycles. The Balaban J connectivity index is 1.62. The van der Waals surface area contributed by atoms with Crippen LogP contribution in [0.15, 0.2) is 67.3 Å². The highest BCUT2D eigenvalue weighted by Gasteiger charge is 2.20. The van der Waals surface area contributed by atoms with E-state index in [0.717, 1.165) is 46.8 Å². The van der Waals surface area contributed by atoms with Crippen LogP contribution in [0.25, 0.3) is 33.9 Å². The first kappa shape index (κ1) is 16.9. The first-order valence-electron chi connectivity index (χ1n) is 9.99. The number of nitrogen functional groups attached to an aromatic ring is 1. The molecule has 0 bridgehead atoms. The Morgan fingerprint density at radius 2 is 1.83 bits per heavy atom. The van der Waals surface area contributed by atoms with Crippen molar-refractivity contribution < 1.29 is 0 Å². The average Bonchev–Trinajstić information content (AvgIpc) is 3.51. The Bertz CT molecular complexity index is 1380. The lowest BCUT2D eigenvalue weighted by Gasteiger charge is -2.12. The number of rotatable bonds is 3. The minimum Gasteiger partial charge on any atom is -0.383 e. The SMILES string of the molecule is Nc1ncccc1-c1nc2cc(-n3cccn3)cnc2n1-c1ccc2c(c1)CCC2. The number of nitrogens with zero attached hydrogens (tertiary/aromatic N) is 6. The number of aromatic nitrogens is 6. The van der Waals surface area contributed by atoms with Crippen molar-refractivity contribution >= 4 is 17.0 Å². The van der Waals surface area contributed by atoms with E-state index in [9.17, 15) is 0 Å². The molecule has 0 spiro atoms. The van der Waals surface area contributed by atoms with Crippen molar-refractivity contribution in [2.24, 2.45) is 0 Å². The summed E-state index contributed by atoms with van der Waals surface area (Å²) in [5.41, 5.74) is 13.3. The molecular formula is C23H19N7. The maximum absolute atomic E-state index is 6.22. The zero-order chi connectivity index (χ0) is 20.1. The van der Waals surface area contributed by atoms with Crippen LogP contribution in [0.4, 0.5) is 5.82 Å². The van der Waals surface area contributed by atoms with Crippen molar-refractivity contribution in [1.29, 1.82) is 0 Å². The number of pyridine rings is 2. The topological polar surface area (TPSA) is 87.4 Å². The summed E-state index contributed by atoms with van der Waals surface area (Å²) in [6.07, 6.45) is 10.6. The molecule has 0 saturated carbocycles. The lowest BCUT2D eigenvalue weighted by Crippen LogP contribution is -2.03. The first-order chi connectivity index (χ1) is 14.8. The number of imidazole rings is 1. The lowest BCUT2D eigenvalue weighted by molar-refractivity contribution is 0.876. The Kier molecular flexibility index (Phi) is 3.67. The van der Waals surface area contributed by atoms with E-state index >= 15 is 0 Å². The van der Waals surface area contributed by atoms with E-state index in [1.165, 1.54) is 17.5 Å². The standard InChI is InChI=1S/C23H19N7/c24-21-19(6-2-9-25-21)22-28-20-13-18(29-11-3-10-27-29)14-26-23(20)30(22)17-8-7-15-4-1-5-16(15)12-17/h2-3,6-14H,1,4-5H2,(H2,24,25). The average molecular weight is 393 g/mol. The Morgan fingerprint density at radius 3 is 2.70 bits per heavy atom. The fourth-order valence-corrected chi connectivity index (χ4v) is 4.23. The molecule has 146 valence electrons. The van der Waals surface area contributed by atoms with E-state index in [2.05, 4.69) is 32.8 Å². The number of benzene rings is 1. The van der Waals surface area contributed by atoms with Gasteiger partial charge in [0, 0.05) is 24.3 Å². The van der Waals surface area contributed by atoms with Crippen LogP contribution >= 0.6 is 0 Å². The second-order valence-corrected chi connectivity index (χ2v) is 7.50. The molecule has 0 saturated heterocycles. The van der Waals surface area contributed by atoms with Crippen LogP contribution in [0.1, 0.15) is 17.5 Å². The van der Waals surface area contributed by atoms with Crippen molar-refractivity contribution in [2.45, 2.75) is 19.3 Å². The van der Waals surface area contributed by atoms with Crippen molar-refractivity contribution in [1.82, 2.24) is 29.3 Å². The lowest BCUT2D eigenvalue weighted by atomic mass is 10.1. The van der Waals surface area contributed by atoms with Crippen LogP contribution in [-0.4, -0.2) is 29.3 Å². The monoisotopic (exact) mass is 393 g/mol. The molecule has 6 rings (SSSR count). The molecule has 0 fully saturated rings. The number of hydrogen-bond acceptors (Lipinski definition) is 5. The molecule has 1 aliphatic carbocycles. The van der Waals surface area contributed by atoms with Gasteiger partial charge >= 0.3 is 0 Å². The van der Waals surface area contributed by atoms with E-state index in [4.69, 9.17) is 15.7 Å². The van der Waals surface area contributed by atoms with Gasteiger partial charge < -0.3 is 5.73 Å². The van der Waals surface area contributed by atoms with Gasteiger partial charge in [0.2, 0.25) is 0 Å². The summed E-state index contributed by atoms with van der Waals surface area (Å²) in [6, 6.07) is 14.3. The molecule has 4 heterocycles. The van der Waals surface area contributed by atoms with Gasteiger partial charge in [0.25, 0.3) is 0 Å². The van der Waals surface area contributed by atoms with Gasteiger partial charge in [-0.05, 0) is 66.8 Å². The molecule has 0 radical (unpaired) electrons. The predicted octanol–water partition coefficient (Wildman–Crippen LogP) is 3.74. The second-order valence-electron chi connectivity index (χ2n) is 7.50. The zero-order valence-corrected chi connectivity index (χ0v) is 16.2. The number of aryl methyl sites for hydroxylation is 2. The van der Waals surface area contributed by atoms with E-state index in [0.29, 0.717) is 5.82 Å². The van der Waals surface area contributed by atoms with Gasteiger partial charge in [0.15, 0.2) is 11.5 Å². The first-order valence-corrected chi connectivity index (χ1v) is 9.99. The van der Waals surface area contributed by atoms with Crippen molar-refractivity contribution in [3.05, 3.63) is 78.4 Å². The Hall–Kier alpha value is -4.00. The summed E-state index contributed by atoms with van der Waals surface area (Å²) in [4.78, 5) is 14.0. The molecule has 2 N–H and O–H groups in total. The third-order valence-corrected chi connectivity index (χ3v) is 5.67. The molecule has 1 aromatic carbocycles. The number of fused-ring (bicyclic) bond motifs is 2. The van der Waals surface area contributed by atoms with Gasteiger partial charge in [-0.25, -0.2) is 19.6 Å². The number of hydrogen-bond donors (Lipinski definition) is 1. The van der Waals surface area contributed by atoms with Crippen LogP contribution in [0.2, 0.25) is 0 Å². The van der Waals surface area contributed by atoms with Crippen LogP contribution in [-0.2, 0) is 12.8 Å². The molecule has 0 aliphatic heterocycles. The van der Waals surface area contributed by atoms with Gasteiger partial charge in [-0.3, -0.25) is 4.57 Å². The van der Waals surface area contributed by atoms with Crippen LogP contribution in [0.5, 0.6) is 0 Å². The van der Waals surface area contributed by atoms with Crippen LogP contribution in [0, 0.1) is 0 Å². The minimum absolute atomic E-state index is 0.447. The molecule has 7 heteroatoms. The molecule has 1 aliphatic rings. The summed E-state index contributed by atoms with van der Waals surface area (Å²) in [5, 5.41) is 4.30. The fourth-order valence-electron chi connectivity index (χ4n) is 4.23. The van der Waals surface area contributed by atoms with Gasteiger partial charge in [0.1, 0.15) is 11.3 Å². The molecule has 0 atom stereocenters. The summed E-state index contributed by atoms with van der Waals surface area (Å²) in [5.74, 6) is 1.18. The van der Waals surface area contributed by atoms with E-state index in [1.54, 1.807) is 17.1 Å². The quantitative estimate of drug-likeness (QED) is 0.504. The maximum Gasteiger partial charge on any atom is 0.165 e. The van der Waals surface area contributed by atoms with Gasteiger partial charge in [0.05, 0.1) is 17.4 Å². The Labute approximate surface area is 172 Å². The second kappa shape index (κ2) is 6.52. The number of nitrogens with two attached hydrogens (primary N) is 1. The van der Waals surface area contributed by atoms with Crippen LogP contribution in [0.3, 0.4) is 0 Å². The van der Waals surface area contributed by atoms with Crippen molar-refractivity contribution in [2.75, 3.05) is 5.73 Å². The molecule has 30 heavy (non-hydrogen) atoms. The smallest absolute Gasteiger partial charge is 0.165 e. The summed E-state index contributed by atoms with van der Waals surface area (Å²) >= 11 is 0. The van der Waals surface area contributed by atoms with Gasteiger partial charge in [-0.15, -0.1) is 0 Å². The Morgan fingerprint density at radius 1 is 0.900 bits per heavy atom. The zero-order valence-electron chi connectivity index (χ0n) is 16.2. The number of anilines is 1. The largest absolute Gasteiger partial charge is 0.383 e. The molecule has 0 amide bonds. The van der Waals surface area contributed by atoms with Crippen LogP contribution < -0.4 is 5.73 Å². The summed E-state index contributed by atoms with van der Waals surface area (Å²) in [6.45, 7) is 0. The highest BCUT2D eigenvalue weighted by molar-refractivity contribution is 5.83. The third kappa shape index (κ3) is 2.59. The normalized spacial score (nSPS) is 13.1. The third-order valence-electron chi connectivity index (χ3n) is 5.67. The van der Waals surface area contributed by atoms with Gasteiger partial charge in [-0.2, -0.15) is 5.10 Å². The molecule has 0 unspecified atom stereocenters. The minimum atomic E-state index is 0.447.